The number of carbonyl (C=O) groups is 6. The zero-order valence-electron chi connectivity index (χ0n) is 29.1. The minimum Gasteiger partial charge on any atom is -0.459 e. The fourth-order valence-electron chi connectivity index (χ4n) is 6.00. The summed E-state index contributed by atoms with van der Waals surface area (Å²) in [6.07, 6.45) is 2.67. The van der Waals surface area contributed by atoms with Crippen LogP contribution in [0.3, 0.4) is 0 Å². The number of hydrogen-bond donors (Lipinski definition) is 4. The highest BCUT2D eigenvalue weighted by atomic mass is 16.5. The first kappa shape index (κ1) is 37.5. The third-order valence-corrected chi connectivity index (χ3v) is 8.98. The van der Waals surface area contributed by atoms with Crippen molar-refractivity contribution in [3.05, 3.63) is 35.9 Å². The molecule has 260 valence electrons. The lowest BCUT2D eigenvalue weighted by Gasteiger charge is -2.37. The molecule has 12 nitrogen and oxygen atoms in total. The number of benzene rings is 1. The Morgan fingerprint density at radius 1 is 0.872 bits per heavy atom. The summed E-state index contributed by atoms with van der Waals surface area (Å²) in [4.78, 5) is 80.6. The molecule has 0 bridgehead atoms. The number of nitrogens with zero attached hydrogens (tertiary/aromatic N) is 1. The Balaban J connectivity index is 1.80. The molecular weight excluding hydrogens is 602 g/mol. The average Bonchev–Trinajstić information content (AvgIpc) is 3.68. The number of carbonyl (C=O) groups excluding carboxylic acids is 6. The minimum atomic E-state index is -1.11. The normalized spacial score (nSPS) is 20.1. The summed E-state index contributed by atoms with van der Waals surface area (Å²) in [5, 5.41) is 8.24. The molecular formula is C35H53N5O7. The molecule has 1 unspecified atom stereocenters. The number of likely N-dealkylation sites (tertiary alicyclic amines) is 1. The molecule has 1 saturated heterocycles. The second kappa shape index (κ2) is 15.3. The van der Waals surface area contributed by atoms with Crippen LogP contribution in [-0.4, -0.2) is 71.1 Å². The van der Waals surface area contributed by atoms with Gasteiger partial charge in [0.05, 0.1) is 6.04 Å². The van der Waals surface area contributed by atoms with Crippen molar-refractivity contribution in [2.45, 2.75) is 112 Å². The van der Waals surface area contributed by atoms with E-state index in [-0.39, 0.29) is 30.9 Å². The molecule has 12 heteroatoms. The summed E-state index contributed by atoms with van der Waals surface area (Å²) in [6, 6.07) is 4.39. The molecule has 47 heavy (non-hydrogen) atoms. The van der Waals surface area contributed by atoms with Crippen molar-refractivity contribution in [2.24, 2.45) is 34.3 Å². The monoisotopic (exact) mass is 655 g/mol. The van der Waals surface area contributed by atoms with Gasteiger partial charge in [-0.2, -0.15) is 0 Å². The van der Waals surface area contributed by atoms with E-state index < -0.39 is 70.5 Å². The summed E-state index contributed by atoms with van der Waals surface area (Å²) in [6.45, 7) is 15.0. The van der Waals surface area contributed by atoms with Crippen molar-refractivity contribution in [1.29, 1.82) is 0 Å². The Kier molecular flexibility index (Phi) is 12.2. The molecule has 0 aromatic heterocycles. The van der Waals surface area contributed by atoms with Crippen LogP contribution < -0.4 is 21.7 Å². The van der Waals surface area contributed by atoms with Crippen LogP contribution >= 0.6 is 0 Å². The van der Waals surface area contributed by atoms with Gasteiger partial charge < -0.3 is 31.3 Å². The lowest BCUT2D eigenvalue weighted by atomic mass is 9.84. The Hall–Kier alpha value is -3.96. The second-order valence-corrected chi connectivity index (χ2v) is 15.5. The third kappa shape index (κ3) is 10.3. The Labute approximate surface area is 278 Å². The van der Waals surface area contributed by atoms with Gasteiger partial charge in [0.1, 0.15) is 24.7 Å². The van der Waals surface area contributed by atoms with Crippen molar-refractivity contribution in [1.82, 2.24) is 20.9 Å². The molecule has 0 radical (unpaired) electrons. The van der Waals surface area contributed by atoms with Gasteiger partial charge in [-0.15, -0.1) is 0 Å². The van der Waals surface area contributed by atoms with Crippen molar-refractivity contribution < 1.29 is 33.5 Å². The summed E-state index contributed by atoms with van der Waals surface area (Å²) < 4.78 is 5.53. The van der Waals surface area contributed by atoms with Gasteiger partial charge in [-0.05, 0) is 47.0 Å². The number of hydrogen-bond acceptors (Lipinski definition) is 7. The number of ketones is 1. The molecule has 1 aliphatic heterocycles. The average molecular weight is 656 g/mol. The number of nitrogens with two attached hydrogens (primary N) is 1. The molecule has 1 saturated carbocycles. The number of primary amides is 1. The van der Waals surface area contributed by atoms with Gasteiger partial charge in [0.15, 0.2) is 0 Å². The lowest BCUT2D eigenvalue weighted by Crippen LogP contribution is -2.62. The molecule has 5 atom stereocenters. The molecule has 1 aromatic rings. The van der Waals surface area contributed by atoms with E-state index in [1.165, 1.54) is 4.90 Å². The van der Waals surface area contributed by atoms with Crippen LogP contribution in [0.15, 0.2) is 30.3 Å². The molecule has 2 fully saturated rings. The molecule has 2 aliphatic rings. The second-order valence-electron chi connectivity index (χ2n) is 15.5. The number of Topliss-reactive ketones (excluding diaryl/α,β-unsaturated/α-hetero) is 1. The first-order chi connectivity index (χ1) is 21.8. The van der Waals surface area contributed by atoms with E-state index in [9.17, 15) is 28.8 Å². The van der Waals surface area contributed by atoms with Crippen molar-refractivity contribution in [2.75, 3.05) is 6.54 Å². The van der Waals surface area contributed by atoms with Gasteiger partial charge in [0, 0.05) is 6.54 Å². The van der Waals surface area contributed by atoms with E-state index in [1.807, 2.05) is 44.2 Å². The molecule has 5 amide bonds. The van der Waals surface area contributed by atoms with Crippen LogP contribution in [0.2, 0.25) is 0 Å². The van der Waals surface area contributed by atoms with Crippen LogP contribution in [0.4, 0.5) is 4.79 Å². The summed E-state index contributed by atoms with van der Waals surface area (Å²) >= 11 is 0. The Morgan fingerprint density at radius 2 is 1.45 bits per heavy atom. The van der Waals surface area contributed by atoms with Gasteiger partial charge in [0.25, 0.3) is 5.91 Å². The molecule has 5 N–H and O–H groups in total. The van der Waals surface area contributed by atoms with Crippen LogP contribution in [0.5, 0.6) is 0 Å². The van der Waals surface area contributed by atoms with Crippen LogP contribution in [0.1, 0.15) is 86.6 Å². The number of nitrogens with one attached hydrogen (secondary N) is 3. The summed E-state index contributed by atoms with van der Waals surface area (Å²) in [5.41, 5.74) is 4.60. The number of esters is 1. The van der Waals surface area contributed by atoms with Gasteiger partial charge in [-0.25, -0.2) is 9.59 Å². The van der Waals surface area contributed by atoms with E-state index in [0.29, 0.717) is 12.8 Å². The number of urea groups is 1. The smallest absolute Gasteiger partial charge is 0.329 e. The highest BCUT2D eigenvalue weighted by Gasteiger charge is 2.48. The third-order valence-electron chi connectivity index (χ3n) is 8.98. The molecule has 3 rings (SSSR count). The molecule has 1 aromatic carbocycles. The van der Waals surface area contributed by atoms with Gasteiger partial charge >= 0.3 is 12.0 Å². The first-order valence-corrected chi connectivity index (χ1v) is 16.5. The fourth-order valence-corrected chi connectivity index (χ4v) is 6.00. The number of amides is 5. The summed E-state index contributed by atoms with van der Waals surface area (Å²) in [5.74, 6) is -3.54. The molecule has 0 spiro atoms. The van der Waals surface area contributed by atoms with Gasteiger partial charge in [-0.3, -0.25) is 19.2 Å². The predicted molar refractivity (Wildman–Crippen MR) is 176 cm³/mol. The van der Waals surface area contributed by atoms with E-state index >= 15 is 0 Å². The Bertz CT molecular complexity index is 1310. The number of ether oxygens (including phenoxy) is 1. The highest BCUT2D eigenvalue weighted by molar-refractivity contribution is 6.37. The quantitative estimate of drug-likeness (QED) is 0.186. The predicted octanol–water partition coefficient (Wildman–Crippen LogP) is 3.07. The van der Waals surface area contributed by atoms with E-state index in [0.717, 1.165) is 18.4 Å². The zero-order valence-corrected chi connectivity index (χ0v) is 29.1. The fraction of sp³-hybridized carbons (Fsp3) is 0.657. The van der Waals surface area contributed by atoms with Gasteiger partial charge in [0.2, 0.25) is 17.6 Å². The number of rotatable bonds is 13. The van der Waals surface area contributed by atoms with E-state index in [1.54, 1.807) is 41.5 Å². The maximum Gasteiger partial charge on any atom is 0.329 e. The van der Waals surface area contributed by atoms with Crippen LogP contribution in [0.25, 0.3) is 0 Å². The van der Waals surface area contributed by atoms with Crippen LogP contribution in [0, 0.1) is 28.6 Å². The maximum absolute atomic E-state index is 14.3. The summed E-state index contributed by atoms with van der Waals surface area (Å²) in [7, 11) is 0. The maximum atomic E-state index is 14.3. The SMILES string of the molecule is CC(C)[C@H]1CCN(C(=O)[C@@H](NC(=O)N[C@H](C(=O)OCc2ccccc2)C(C)(C)C)C(C)(C)C)[C@@H]1C(=O)NC(CC1CC1)C(=O)C(N)=O. The standard InChI is InChI=1S/C35H53N5O7/c1-20(2)23-16-17-40(25(23)30(43)37-24(18-21-14-15-21)26(41)29(36)42)31(44)27(34(3,4)5)38-33(46)39-28(35(6,7)8)32(45)47-19-22-12-10-9-11-13-22/h9-13,20-21,23-25,27-28H,14-19H2,1-8H3,(H2,36,42)(H,37,43)(H2,38,39,46)/t23-,24?,25+,27-,28-/m1/s1. The zero-order chi connectivity index (χ0) is 35.3. The highest BCUT2D eigenvalue weighted by Crippen LogP contribution is 2.35. The van der Waals surface area contributed by atoms with Crippen molar-refractivity contribution in [3.63, 3.8) is 0 Å². The van der Waals surface area contributed by atoms with Crippen LogP contribution in [-0.2, 0) is 35.3 Å². The molecule has 1 aliphatic carbocycles. The minimum absolute atomic E-state index is 0.0241. The van der Waals surface area contributed by atoms with Crippen molar-refractivity contribution >= 4 is 35.5 Å². The van der Waals surface area contributed by atoms with E-state index in [4.69, 9.17) is 10.5 Å². The largest absolute Gasteiger partial charge is 0.459 e. The topological polar surface area (TPSA) is 177 Å². The van der Waals surface area contributed by atoms with Gasteiger partial charge in [-0.1, -0.05) is 98.6 Å². The molecule has 1 heterocycles. The Morgan fingerprint density at radius 3 is 1.96 bits per heavy atom. The van der Waals surface area contributed by atoms with Crippen molar-refractivity contribution in [3.8, 4) is 0 Å². The van der Waals surface area contributed by atoms with E-state index in [2.05, 4.69) is 16.0 Å². The first-order valence-electron chi connectivity index (χ1n) is 16.5. The lowest BCUT2D eigenvalue weighted by molar-refractivity contribution is -0.150.